The summed E-state index contributed by atoms with van der Waals surface area (Å²) in [6, 6.07) is 0. The highest BCUT2D eigenvalue weighted by Crippen LogP contribution is 2.41. The molecule has 22 heavy (non-hydrogen) atoms. The molecular formula is C17H28N2O3. The van der Waals surface area contributed by atoms with Gasteiger partial charge in [-0.15, -0.1) is 0 Å². The number of ether oxygens (including phenoxy) is 2. The molecule has 1 aromatic heterocycles. The lowest BCUT2D eigenvalue weighted by Crippen LogP contribution is -2.30. The van der Waals surface area contributed by atoms with Crippen LogP contribution in [0.4, 0.5) is 0 Å². The third-order valence-corrected chi connectivity index (χ3v) is 4.84. The van der Waals surface area contributed by atoms with E-state index in [1.54, 1.807) is 0 Å². The van der Waals surface area contributed by atoms with E-state index < -0.39 is 0 Å². The quantitative estimate of drug-likeness (QED) is 0.855. The average Bonchev–Trinajstić information content (AvgIpc) is 3.17. The first-order chi connectivity index (χ1) is 10.4. The van der Waals surface area contributed by atoms with Crippen molar-refractivity contribution in [3.63, 3.8) is 0 Å². The molecule has 2 aliphatic rings. The second kappa shape index (κ2) is 5.93. The molecule has 3 rings (SSSR count). The van der Waals surface area contributed by atoms with Crippen molar-refractivity contribution in [2.24, 2.45) is 11.3 Å². The molecule has 2 fully saturated rings. The van der Waals surface area contributed by atoms with E-state index in [1.165, 1.54) is 0 Å². The van der Waals surface area contributed by atoms with Gasteiger partial charge in [0.15, 0.2) is 5.82 Å². The fourth-order valence-electron chi connectivity index (χ4n) is 3.79. The van der Waals surface area contributed by atoms with Gasteiger partial charge in [-0.3, -0.25) is 0 Å². The van der Waals surface area contributed by atoms with E-state index in [0.717, 1.165) is 37.8 Å². The molecule has 5 heteroatoms. The maximum atomic E-state index is 5.93. The third-order valence-electron chi connectivity index (χ3n) is 4.84. The van der Waals surface area contributed by atoms with E-state index in [4.69, 9.17) is 19.0 Å². The molecule has 4 atom stereocenters. The van der Waals surface area contributed by atoms with Crippen LogP contribution in [0.3, 0.4) is 0 Å². The zero-order chi connectivity index (χ0) is 15.9. The first kappa shape index (κ1) is 15.9. The molecule has 1 aromatic rings. The molecule has 3 heterocycles. The zero-order valence-electron chi connectivity index (χ0n) is 14.3. The van der Waals surface area contributed by atoms with Gasteiger partial charge in [-0.25, -0.2) is 0 Å². The Hall–Kier alpha value is -0.940. The number of aromatic nitrogens is 2. The van der Waals surface area contributed by atoms with Gasteiger partial charge in [-0.2, -0.15) is 4.98 Å². The summed E-state index contributed by atoms with van der Waals surface area (Å²) in [6.45, 7) is 12.5. The molecule has 0 radical (unpaired) electrons. The minimum atomic E-state index is 0.0822. The van der Waals surface area contributed by atoms with Crippen molar-refractivity contribution in [2.45, 2.75) is 71.5 Å². The fourth-order valence-corrected chi connectivity index (χ4v) is 3.79. The van der Waals surface area contributed by atoms with Crippen molar-refractivity contribution in [1.29, 1.82) is 0 Å². The van der Waals surface area contributed by atoms with Gasteiger partial charge in [-0.05, 0) is 24.2 Å². The van der Waals surface area contributed by atoms with Crippen molar-refractivity contribution in [1.82, 2.24) is 10.1 Å². The molecule has 0 aliphatic carbocycles. The summed E-state index contributed by atoms with van der Waals surface area (Å²) in [5, 5.41) is 4.28. The maximum absolute atomic E-state index is 5.93. The highest BCUT2D eigenvalue weighted by Gasteiger charge is 2.42. The normalized spacial score (nSPS) is 33.0. The van der Waals surface area contributed by atoms with E-state index in [2.05, 4.69) is 39.8 Å². The first-order valence-corrected chi connectivity index (χ1v) is 8.44. The van der Waals surface area contributed by atoms with Crippen LogP contribution in [0.5, 0.6) is 0 Å². The monoisotopic (exact) mass is 308 g/mol. The van der Waals surface area contributed by atoms with Gasteiger partial charge >= 0.3 is 0 Å². The van der Waals surface area contributed by atoms with Crippen LogP contribution in [0.2, 0.25) is 0 Å². The molecule has 0 saturated carbocycles. The van der Waals surface area contributed by atoms with Gasteiger partial charge < -0.3 is 14.0 Å². The summed E-state index contributed by atoms with van der Waals surface area (Å²) in [4.78, 5) is 4.73. The summed E-state index contributed by atoms with van der Waals surface area (Å²) in [5.74, 6) is 2.47. The largest absolute Gasteiger partial charge is 0.377 e. The maximum Gasteiger partial charge on any atom is 0.232 e. The number of rotatable bonds is 3. The number of hydrogen-bond donors (Lipinski definition) is 0. The van der Waals surface area contributed by atoms with Gasteiger partial charge in [-0.1, -0.05) is 39.8 Å². The Labute approximate surface area is 132 Å². The van der Waals surface area contributed by atoms with Crippen LogP contribution in [0.15, 0.2) is 4.52 Å². The van der Waals surface area contributed by atoms with Gasteiger partial charge in [0.05, 0.1) is 24.0 Å². The average molecular weight is 308 g/mol. The Morgan fingerprint density at radius 2 is 1.73 bits per heavy atom. The standard InChI is InChI=1S/C17H28N2O3/c1-10(2)13-11(6-8-20-13)16-18-15(19-22-16)12-7-9-21-14(12)17(3,4)5/h10-14H,6-9H2,1-5H3/t11?,12-,13?,14-/m0/s1. The topological polar surface area (TPSA) is 57.4 Å². The predicted octanol–water partition coefficient (Wildman–Crippen LogP) is 3.52. The highest BCUT2D eigenvalue weighted by atomic mass is 16.5. The molecule has 5 nitrogen and oxygen atoms in total. The summed E-state index contributed by atoms with van der Waals surface area (Å²) in [5.41, 5.74) is 0.0822. The summed E-state index contributed by atoms with van der Waals surface area (Å²) >= 11 is 0. The fraction of sp³-hybridized carbons (Fsp3) is 0.882. The van der Waals surface area contributed by atoms with Crippen molar-refractivity contribution in [3.05, 3.63) is 11.7 Å². The van der Waals surface area contributed by atoms with Gasteiger partial charge in [0, 0.05) is 13.2 Å². The van der Waals surface area contributed by atoms with Gasteiger partial charge in [0.1, 0.15) is 0 Å². The van der Waals surface area contributed by atoms with Gasteiger partial charge in [0.25, 0.3) is 0 Å². The second-order valence-corrected chi connectivity index (χ2v) is 8.02. The van der Waals surface area contributed by atoms with Crippen molar-refractivity contribution in [3.8, 4) is 0 Å². The lowest BCUT2D eigenvalue weighted by atomic mass is 9.81. The Balaban J connectivity index is 1.79. The molecule has 2 aliphatic heterocycles. The SMILES string of the molecule is CC(C)C1OCCC1c1nc([C@H]2CCO[C@@H]2C(C)(C)C)no1. The number of hydrogen-bond acceptors (Lipinski definition) is 5. The van der Waals surface area contributed by atoms with Crippen LogP contribution >= 0.6 is 0 Å². The van der Waals surface area contributed by atoms with E-state index in [9.17, 15) is 0 Å². The summed E-state index contributed by atoms with van der Waals surface area (Å²) < 4.78 is 17.4. The zero-order valence-corrected chi connectivity index (χ0v) is 14.3. The predicted molar refractivity (Wildman–Crippen MR) is 82.8 cm³/mol. The van der Waals surface area contributed by atoms with E-state index in [-0.39, 0.29) is 29.5 Å². The molecule has 0 aromatic carbocycles. The van der Waals surface area contributed by atoms with Crippen LogP contribution in [-0.2, 0) is 9.47 Å². The van der Waals surface area contributed by atoms with E-state index in [0.29, 0.717) is 5.92 Å². The van der Waals surface area contributed by atoms with Crippen molar-refractivity contribution < 1.29 is 14.0 Å². The number of nitrogens with zero attached hydrogens (tertiary/aromatic N) is 2. The molecule has 0 amide bonds. The van der Waals surface area contributed by atoms with Crippen LogP contribution < -0.4 is 0 Å². The highest BCUT2D eigenvalue weighted by molar-refractivity contribution is 5.08. The van der Waals surface area contributed by atoms with Crippen molar-refractivity contribution in [2.75, 3.05) is 13.2 Å². The molecule has 2 saturated heterocycles. The Kier molecular flexibility index (Phi) is 4.29. The van der Waals surface area contributed by atoms with Crippen LogP contribution in [0, 0.1) is 11.3 Å². The lowest BCUT2D eigenvalue weighted by molar-refractivity contribution is 0.0193. The van der Waals surface area contributed by atoms with Crippen LogP contribution in [-0.4, -0.2) is 35.6 Å². The minimum absolute atomic E-state index is 0.0822. The Morgan fingerprint density at radius 1 is 1.05 bits per heavy atom. The Bertz CT molecular complexity index is 506. The van der Waals surface area contributed by atoms with Crippen LogP contribution in [0.1, 0.15) is 71.0 Å². The lowest BCUT2D eigenvalue weighted by Gasteiger charge is -2.29. The van der Waals surface area contributed by atoms with Gasteiger partial charge in [0.2, 0.25) is 5.89 Å². The summed E-state index contributed by atoms with van der Waals surface area (Å²) in [6.07, 6.45) is 2.27. The van der Waals surface area contributed by atoms with Crippen LogP contribution in [0.25, 0.3) is 0 Å². The molecular weight excluding hydrogens is 280 g/mol. The van der Waals surface area contributed by atoms with Crippen molar-refractivity contribution >= 4 is 0 Å². The summed E-state index contributed by atoms with van der Waals surface area (Å²) in [7, 11) is 0. The molecule has 124 valence electrons. The Morgan fingerprint density at radius 3 is 2.41 bits per heavy atom. The first-order valence-electron chi connectivity index (χ1n) is 8.44. The molecule has 0 bridgehead atoms. The minimum Gasteiger partial charge on any atom is -0.377 e. The smallest absolute Gasteiger partial charge is 0.232 e. The molecule has 0 N–H and O–H groups in total. The second-order valence-electron chi connectivity index (χ2n) is 8.02. The molecule has 0 spiro atoms. The third kappa shape index (κ3) is 2.93. The van der Waals surface area contributed by atoms with E-state index >= 15 is 0 Å². The molecule has 2 unspecified atom stereocenters. The van der Waals surface area contributed by atoms with E-state index in [1.807, 2.05) is 0 Å².